The SMILES string of the molecule is CCCCC[C@H]1OC2=C(C(=O)N(OC)C2=O)[C@@H](O[Si](C)(C)C(C)(C)C)[C@@]1(C)OCOC. The molecular formula is C22H39NO7Si. The van der Waals surface area contributed by atoms with E-state index in [4.69, 9.17) is 23.5 Å². The van der Waals surface area contributed by atoms with Gasteiger partial charge in [0.15, 0.2) is 14.1 Å². The first-order chi connectivity index (χ1) is 14.4. The smallest absolute Gasteiger partial charge is 0.320 e. The Morgan fingerprint density at radius 2 is 1.77 bits per heavy atom. The van der Waals surface area contributed by atoms with Crippen LogP contribution in [-0.4, -0.2) is 64.0 Å². The van der Waals surface area contributed by atoms with Gasteiger partial charge in [0.05, 0.1) is 12.7 Å². The van der Waals surface area contributed by atoms with E-state index in [-0.39, 0.29) is 23.2 Å². The van der Waals surface area contributed by atoms with Gasteiger partial charge < -0.3 is 18.6 Å². The van der Waals surface area contributed by atoms with Crippen LogP contribution in [0.3, 0.4) is 0 Å². The van der Waals surface area contributed by atoms with Crippen LogP contribution < -0.4 is 0 Å². The maximum atomic E-state index is 13.1. The molecular weight excluding hydrogens is 418 g/mol. The van der Waals surface area contributed by atoms with Gasteiger partial charge >= 0.3 is 5.91 Å². The Balaban J connectivity index is 2.59. The number of carbonyl (C=O) groups excluding carboxylic acids is 2. The Kier molecular flexibility index (Phi) is 8.13. The number of amides is 2. The molecule has 9 heteroatoms. The van der Waals surface area contributed by atoms with E-state index in [1.165, 1.54) is 7.11 Å². The van der Waals surface area contributed by atoms with Crippen molar-refractivity contribution in [3.63, 3.8) is 0 Å². The first-order valence-corrected chi connectivity index (χ1v) is 13.9. The maximum Gasteiger partial charge on any atom is 0.320 e. The van der Waals surface area contributed by atoms with Crippen molar-refractivity contribution in [2.45, 2.75) is 96.2 Å². The van der Waals surface area contributed by atoms with Gasteiger partial charge in [-0.3, -0.25) is 14.4 Å². The lowest BCUT2D eigenvalue weighted by atomic mass is 9.82. The van der Waals surface area contributed by atoms with Crippen LogP contribution in [0.5, 0.6) is 0 Å². The molecule has 0 fully saturated rings. The Morgan fingerprint density at radius 3 is 2.29 bits per heavy atom. The number of carbonyl (C=O) groups is 2. The van der Waals surface area contributed by atoms with E-state index in [1.807, 2.05) is 6.92 Å². The van der Waals surface area contributed by atoms with Gasteiger partial charge in [-0.25, -0.2) is 0 Å². The largest absolute Gasteiger partial charge is 0.481 e. The van der Waals surface area contributed by atoms with Crippen LogP contribution in [0.1, 0.15) is 60.3 Å². The fraction of sp³-hybridized carbons (Fsp3) is 0.818. The van der Waals surface area contributed by atoms with Crippen molar-refractivity contribution in [3.05, 3.63) is 11.3 Å². The third kappa shape index (κ3) is 4.90. The van der Waals surface area contributed by atoms with Gasteiger partial charge in [-0.1, -0.05) is 40.5 Å². The summed E-state index contributed by atoms with van der Waals surface area (Å²) in [5.74, 6) is -1.15. The van der Waals surface area contributed by atoms with Crippen molar-refractivity contribution in [1.82, 2.24) is 5.06 Å². The van der Waals surface area contributed by atoms with E-state index in [9.17, 15) is 9.59 Å². The van der Waals surface area contributed by atoms with E-state index >= 15 is 0 Å². The van der Waals surface area contributed by atoms with Crippen LogP contribution in [0.2, 0.25) is 18.1 Å². The van der Waals surface area contributed by atoms with Gasteiger partial charge in [-0.05, 0) is 37.9 Å². The quantitative estimate of drug-likeness (QED) is 0.213. The molecule has 31 heavy (non-hydrogen) atoms. The molecule has 0 saturated heterocycles. The molecule has 2 aliphatic heterocycles. The van der Waals surface area contributed by atoms with E-state index in [2.05, 4.69) is 40.8 Å². The van der Waals surface area contributed by atoms with Gasteiger partial charge in [0.25, 0.3) is 5.91 Å². The molecule has 0 radical (unpaired) electrons. The summed E-state index contributed by atoms with van der Waals surface area (Å²) in [5.41, 5.74) is -0.848. The predicted octanol–water partition coefficient (Wildman–Crippen LogP) is 3.92. The number of hydrogen-bond acceptors (Lipinski definition) is 7. The molecule has 3 atom stereocenters. The molecule has 2 amide bonds. The molecule has 2 aliphatic rings. The highest BCUT2D eigenvalue weighted by Crippen LogP contribution is 2.47. The zero-order valence-corrected chi connectivity index (χ0v) is 21.5. The number of hydrogen-bond donors (Lipinski definition) is 0. The number of nitrogens with zero attached hydrogens (tertiary/aromatic N) is 1. The lowest BCUT2D eigenvalue weighted by Gasteiger charge is -2.49. The minimum Gasteiger partial charge on any atom is -0.481 e. The van der Waals surface area contributed by atoms with Crippen molar-refractivity contribution in [2.24, 2.45) is 0 Å². The molecule has 0 aromatic heterocycles. The maximum absolute atomic E-state index is 13.1. The molecule has 0 unspecified atom stereocenters. The van der Waals surface area contributed by atoms with Gasteiger partial charge in [-0.2, -0.15) is 0 Å². The van der Waals surface area contributed by atoms with Crippen molar-refractivity contribution in [3.8, 4) is 0 Å². The second kappa shape index (κ2) is 9.70. The summed E-state index contributed by atoms with van der Waals surface area (Å²) >= 11 is 0. The Hall–Kier alpha value is -1.26. The molecule has 0 spiro atoms. The lowest BCUT2D eigenvalue weighted by molar-refractivity contribution is -0.215. The summed E-state index contributed by atoms with van der Waals surface area (Å²) in [6, 6.07) is 0. The van der Waals surface area contributed by atoms with Crippen molar-refractivity contribution in [1.29, 1.82) is 0 Å². The van der Waals surface area contributed by atoms with Crippen LogP contribution >= 0.6 is 0 Å². The van der Waals surface area contributed by atoms with Crippen molar-refractivity contribution in [2.75, 3.05) is 21.0 Å². The number of unbranched alkanes of at least 4 members (excludes halogenated alkanes) is 2. The van der Waals surface area contributed by atoms with Crippen LogP contribution in [0.15, 0.2) is 11.3 Å². The third-order valence-corrected chi connectivity index (χ3v) is 11.1. The molecule has 2 rings (SSSR count). The molecule has 8 nitrogen and oxygen atoms in total. The predicted molar refractivity (Wildman–Crippen MR) is 118 cm³/mol. The first-order valence-electron chi connectivity index (χ1n) is 11.0. The van der Waals surface area contributed by atoms with Crippen molar-refractivity contribution < 1.29 is 33.1 Å². The topological polar surface area (TPSA) is 83.5 Å². The monoisotopic (exact) mass is 457 g/mol. The van der Waals surface area contributed by atoms with E-state index < -0.39 is 37.9 Å². The van der Waals surface area contributed by atoms with E-state index in [1.54, 1.807) is 7.11 Å². The fourth-order valence-corrected chi connectivity index (χ4v) is 4.95. The summed E-state index contributed by atoms with van der Waals surface area (Å²) in [6.45, 7) is 14.6. The minimum absolute atomic E-state index is 0.00977. The fourth-order valence-electron chi connectivity index (χ4n) is 3.66. The third-order valence-electron chi connectivity index (χ3n) is 6.68. The Labute approximate surface area is 187 Å². The highest BCUT2D eigenvalue weighted by Gasteiger charge is 2.60. The van der Waals surface area contributed by atoms with Crippen LogP contribution in [0, 0.1) is 0 Å². The summed E-state index contributed by atoms with van der Waals surface area (Å²) < 4.78 is 24.3. The summed E-state index contributed by atoms with van der Waals surface area (Å²) in [4.78, 5) is 31.1. The second-order valence-corrected chi connectivity index (χ2v) is 14.7. The lowest BCUT2D eigenvalue weighted by Crippen LogP contribution is -2.61. The van der Waals surface area contributed by atoms with Crippen molar-refractivity contribution >= 4 is 20.1 Å². The standard InChI is InChI=1S/C22H39NO7Si/c1-10-11-12-13-15-22(5,28-14-26-6)18(30-31(8,9)21(2,3)4)16-17(29-15)20(25)23(27-7)19(16)24/h15,18H,10-14H2,1-9H3/t15-,18-,22+/m1/s1. The summed E-state index contributed by atoms with van der Waals surface area (Å²) in [6.07, 6.45) is 2.38. The molecule has 0 saturated carbocycles. The van der Waals surface area contributed by atoms with Gasteiger partial charge in [0, 0.05) is 7.11 Å². The molecule has 0 bridgehead atoms. The molecule has 178 valence electrons. The van der Waals surface area contributed by atoms with E-state index in [0.717, 1.165) is 24.3 Å². The van der Waals surface area contributed by atoms with E-state index in [0.29, 0.717) is 6.42 Å². The molecule has 2 heterocycles. The Morgan fingerprint density at radius 1 is 1.13 bits per heavy atom. The zero-order chi connectivity index (χ0) is 23.6. The first kappa shape index (κ1) is 26.0. The number of methoxy groups -OCH3 is 1. The number of hydroxylamine groups is 2. The van der Waals surface area contributed by atoms with Crippen LogP contribution in [-0.2, 0) is 33.1 Å². The second-order valence-electron chi connectivity index (χ2n) is 9.93. The highest BCUT2D eigenvalue weighted by atomic mass is 28.4. The van der Waals surface area contributed by atoms with Gasteiger partial charge in [-0.15, -0.1) is 5.06 Å². The highest BCUT2D eigenvalue weighted by molar-refractivity contribution is 6.74. The van der Waals surface area contributed by atoms with Crippen LogP contribution in [0.25, 0.3) is 0 Å². The summed E-state index contributed by atoms with van der Waals surface area (Å²) in [7, 11) is 0.470. The van der Waals surface area contributed by atoms with Gasteiger partial charge in [0.1, 0.15) is 24.6 Å². The average Bonchev–Trinajstić information content (AvgIpc) is 2.91. The van der Waals surface area contributed by atoms with Crippen LogP contribution in [0.4, 0.5) is 0 Å². The van der Waals surface area contributed by atoms with Gasteiger partial charge in [0.2, 0.25) is 0 Å². The number of imide groups is 1. The molecule has 0 aromatic rings. The molecule has 0 aliphatic carbocycles. The Bertz CT molecular complexity index is 715. The zero-order valence-electron chi connectivity index (χ0n) is 20.5. The average molecular weight is 458 g/mol. The summed E-state index contributed by atoms with van der Waals surface area (Å²) in [5, 5.41) is 0.621. The molecule has 0 N–H and O–H groups in total. The molecule has 0 aromatic carbocycles. The minimum atomic E-state index is -2.37. The normalized spacial score (nSPS) is 27.1. The number of ether oxygens (including phenoxy) is 3. The number of rotatable bonds is 10.